The molecule has 0 saturated heterocycles. The van der Waals surface area contributed by atoms with Gasteiger partial charge >= 0.3 is 0 Å². The lowest BCUT2D eigenvalue weighted by Gasteiger charge is -2.00. The summed E-state index contributed by atoms with van der Waals surface area (Å²) >= 11 is 8.76. The molecule has 0 aromatic heterocycles. The molecule has 0 spiro atoms. The number of phenolic OH excluding ortho intramolecular Hbond substituents is 1. The van der Waals surface area contributed by atoms with E-state index in [0.29, 0.717) is 15.1 Å². The van der Waals surface area contributed by atoms with Gasteiger partial charge in [-0.15, -0.1) is 0 Å². The Morgan fingerprint density at radius 3 is 2.73 bits per heavy atom. The molecule has 11 heavy (non-hydrogen) atoms. The fourth-order valence-electron chi connectivity index (χ4n) is 0.696. The molecule has 0 saturated carbocycles. The van der Waals surface area contributed by atoms with Gasteiger partial charge < -0.3 is 10.5 Å². The fraction of sp³-hybridized carbons (Fsp3) is 0. The SMILES string of the molecule is N=Cc1cc(Cl)cc(Br)c1O. The van der Waals surface area contributed by atoms with Crippen LogP contribution in [-0.4, -0.2) is 11.3 Å². The van der Waals surface area contributed by atoms with Crippen LogP contribution in [-0.2, 0) is 0 Å². The van der Waals surface area contributed by atoms with Crippen molar-refractivity contribution in [3.05, 3.63) is 27.2 Å². The van der Waals surface area contributed by atoms with E-state index in [1.807, 2.05) is 0 Å². The van der Waals surface area contributed by atoms with E-state index < -0.39 is 0 Å². The molecule has 1 rings (SSSR count). The third kappa shape index (κ3) is 1.73. The lowest BCUT2D eigenvalue weighted by Crippen LogP contribution is -1.81. The predicted octanol–water partition coefficient (Wildman–Crippen LogP) is 2.81. The first kappa shape index (κ1) is 8.56. The zero-order valence-corrected chi connectivity index (χ0v) is 7.78. The molecule has 0 fully saturated rings. The van der Waals surface area contributed by atoms with Crippen LogP contribution in [0.2, 0.25) is 5.02 Å². The first-order chi connectivity index (χ1) is 5.15. The van der Waals surface area contributed by atoms with Crippen molar-refractivity contribution in [2.24, 2.45) is 0 Å². The van der Waals surface area contributed by atoms with Gasteiger partial charge in [0.1, 0.15) is 5.75 Å². The maximum absolute atomic E-state index is 9.27. The normalized spacial score (nSPS) is 9.64. The fourth-order valence-corrected chi connectivity index (χ4v) is 1.53. The molecule has 0 bridgehead atoms. The van der Waals surface area contributed by atoms with Gasteiger partial charge in [0.25, 0.3) is 0 Å². The minimum absolute atomic E-state index is 0.0457. The van der Waals surface area contributed by atoms with Crippen LogP contribution in [0.5, 0.6) is 5.75 Å². The highest BCUT2D eigenvalue weighted by Gasteiger charge is 2.03. The molecule has 0 aliphatic carbocycles. The first-order valence-corrected chi connectivity index (χ1v) is 4.00. The lowest BCUT2D eigenvalue weighted by molar-refractivity contribution is 0.471. The Morgan fingerprint density at radius 2 is 2.18 bits per heavy atom. The van der Waals surface area contributed by atoms with Crippen LogP contribution in [0.4, 0.5) is 0 Å². The standard InChI is InChI=1S/C7H5BrClNO/c8-6-2-5(9)1-4(3-10)7(6)11/h1-3,10-11H. The summed E-state index contributed by atoms with van der Waals surface area (Å²) < 4.78 is 0.503. The molecule has 0 radical (unpaired) electrons. The Kier molecular flexibility index (Phi) is 2.52. The Labute approximate surface area is 77.4 Å². The molecule has 0 amide bonds. The van der Waals surface area contributed by atoms with E-state index in [-0.39, 0.29) is 5.75 Å². The predicted molar refractivity (Wildman–Crippen MR) is 48.7 cm³/mol. The number of aromatic hydroxyl groups is 1. The Morgan fingerprint density at radius 1 is 1.55 bits per heavy atom. The topological polar surface area (TPSA) is 44.1 Å². The van der Waals surface area contributed by atoms with Crippen LogP contribution in [0.25, 0.3) is 0 Å². The third-order valence-electron chi connectivity index (χ3n) is 1.21. The molecular formula is C7H5BrClNO. The number of nitrogens with one attached hydrogen (secondary N) is 1. The van der Waals surface area contributed by atoms with Gasteiger partial charge in [0.2, 0.25) is 0 Å². The molecule has 4 heteroatoms. The highest BCUT2D eigenvalue weighted by Crippen LogP contribution is 2.30. The summed E-state index contributed by atoms with van der Waals surface area (Å²) in [6.45, 7) is 0. The van der Waals surface area contributed by atoms with Gasteiger partial charge in [-0.3, -0.25) is 0 Å². The van der Waals surface area contributed by atoms with Crippen molar-refractivity contribution in [1.29, 1.82) is 5.41 Å². The monoisotopic (exact) mass is 233 g/mol. The molecule has 0 atom stereocenters. The van der Waals surface area contributed by atoms with Crippen molar-refractivity contribution in [1.82, 2.24) is 0 Å². The number of benzene rings is 1. The molecule has 58 valence electrons. The lowest BCUT2D eigenvalue weighted by atomic mass is 10.2. The van der Waals surface area contributed by atoms with E-state index >= 15 is 0 Å². The second-order valence-electron chi connectivity index (χ2n) is 1.97. The second-order valence-corrected chi connectivity index (χ2v) is 3.26. The summed E-state index contributed by atoms with van der Waals surface area (Å²) in [5.41, 5.74) is 0.407. The van der Waals surface area contributed by atoms with E-state index in [9.17, 15) is 5.11 Å². The molecular weight excluding hydrogens is 229 g/mol. The van der Waals surface area contributed by atoms with Gasteiger partial charge in [0.05, 0.1) is 4.47 Å². The van der Waals surface area contributed by atoms with Crippen molar-refractivity contribution < 1.29 is 5.11 Å². The van der Waals surface area contributed by atoms with E-state index in [1.54, 1.807) is 6.07 Å². The number of halogens is 2. The van der Waals surface area contributed by atoms with Gasteiger partial charge in [-0.1, -0.05) is 11.6 Å². The summed E-state index contributed by atoms with van der Waals surface area (Å²) in [6.07, 6.45) is 1.05. The Balaban J connectivity index is 3.35. The van der Waals surface area contributed by atoms with Crippen LogP contribution >= 0.6 is 27.5 Å². The zero-order chi connectivity index (χ0) is 8.43. The number of hydrogen-bond acceptors (Lipinski definition) is 2. The minimum atomic E-state index is 0.0457. The van der Waals surface area contributed by atoms with E-state index in [4.69, 9.17) is 17.0 Å². The molecule has 0 unspecified atom stereocenters. The number of rotatable bonds is 1. The van der Waals surface area contributed by atoms with Crippen LogP contribution in [0, 0.1) is 5.41 Å². The summed E-state index contributed by atoms with van der Waals surface area (Å²) in [5, 5.41) is 16.7. The summed E-state index contributed by atoms with van der Waals surface area (Å²) in [6, 6.07) is 3.10. The Hall–Kier alpha value is -0.540. The summed E-state index contributed by atoms with van der Waals surface area (Å²) in [7, 11) is 0. The van der Waals surface area contributed by atoms with Crippen molar-refractivity contribution in [2.75, 3.05) is 0 Å². The average molecular weight is 234 g/mol. The van der Waals surface area contributed by atoms with Crippen LogP contribution < -0.4 is 0 Å². The maximum Gasteiger partial charge on any atom is 0.138 e. The molecule has 0 aliphatic rings. The second kappa shape index (κ2) is 3.24. The highest BCUT2D eigenvalue weighted by molar-refractivity contribution is 9.10. The maximum atomic E-state index is 9.27. The van der Waals surface area contributed by atoms with Crippen LogP contribution in [0.3, 0.4) is 0 Å². The summed E-state index contributed by atoms with van der Waals surface area (Å²) in [5.74, 6) is 0.0457. The summed E-state index contributed by atoms with van der Waals surface area (Å²) in [4.78, 5) is 0. The van der Waals surface area contributed by atoms with Crippen LogP contribution in [0.1, 0.15) is 5.56 Å². The molecule has 0 aliphatic heterocycles. The average Bonchev–Trinajstić information content (AvgIpc) is 1.96. The van der Waals surface area contributed by atoms with Crippen LogP contribution in [0.15, 0.2) is 16.6 Å². The van der Waals surface area contributed by atoms with Crippen molar-refractivity contribution in [3.8, 4) is 5.75 Å². The highest BCUT2D eigenvalue weighted by atomic mass is 79.9. The number of phenols is 1. The van der Waals surface area contributed by atoms with E-state index in [2.05, 4.69) is 15.9 Å². The van der Waals surface area contributed by atoms with Gasteiger partial charge in [-0.25, -0.2) is 0 Å². The van der Waals surface area contributed by atoms with Gasteiger partial charge in [0, 0.05) is 16.8 Å². The molecule has 0 heterocycles. The van der Waals surface area contributed by atoms with E-state index in [1.165, 1.54) is 6.07 Å². The number of hydrogen-bond donors (Lipinski definition) is 2. The van der Waals surface area contributed by atoms with Crippen molar-refractivity contribution >= 4 is 33.7 Å². The first-order valence-electron chi connectivity index (χ1n) is 2.83. The molecule has 2 nitrogen and oxygen atoms in total. The van der Waals surface area contributed by atoms with Gasteiger partial charge in [-0.2, -0.15) is 0 Å². The van der Waals surface area contributed by atoms with Gasteiger partial charge in [0.15, 0.2) is 0 Å². The minimum Gasteiger partial charge on any atom is -0.506 e. The quantitative estimate of drug-likeness (QED) is 0.721. The van der Waals surface area contributed by atoms with Crippen molar-refractivity contribution in [3.63, 3.8) is 0 Å². The largest absolute Gasteiger partial charge is 0.506 e. The Bertz CT molecular complexity index is 301. The zero-order valence-electron chi connectivity index (χ0n) is 5.44. The smallest absolute Gasteiger partial charge is 0.138 e. The third-order valence-corrected chi connectivity index (χ3v) is 2.04. The molecule has 1 aromatic rings. The van der Waals surface area contributed by atoms with Gasteiger partial charge in [-0.05, 0) is 28.1 Å². The molecule has 1 aromatic carbocycles. The van der Waals surface area contributed by atoms with Crippen molar-refractivity contribution in [2.45, 2.75) is 0 Å². The molecule has 2 N–H and O–H groups in total. The van der Waals surface area contributed by atoms with E-state index in [0.717, 1.165) is 6.21 Å².